The maximum Gasteiger partial charge on any atom is 0.405 e. The third kappa shape index (κ3) is 5.32. The molecule has 0 bridgehead atoms. The minimum absolute atomic E-state index is 0.167. The molecule has 0 aliphatic heterocycles. The van der Waals surface area contributed by atoms with Crippen LogP contribution in [-0.4, -0.2) is 42.7 Å². The molecule has 1 amide bonds. The number of unbranched alkanes of at least 4 members (excludes halogenated alkanes) is 1. The van der Waals surface area contributed by atoms with Gasteiger partial charge in [0.15, 0.2) is 0 Å². The van der Waals surface area contributed by atoms with Crippen LogP contribution < -0.4 is 11.5 Å². The van der Waals surface area contributed by atoms with Crippen molar-refractivity contribution >= 4 is 5.91 Å². The minimum Gasteiger partial charge on any atom is -0.369 e. The zero-order chi connectivity index (χ0) is 12.8. The van der Waals surface area contributed by atoms with Gasteiger partial charge in [-0.25, -0.2) is 0 Å². The van der Waals surface area contributed by atoms with Crippen LogP contribution in [0.15, 0.2) is 0 Å². The number of nitrogens with zero attached hydrogens (tertiary/aromatic N) is 1. The summed E-state index contributed by atoms with van der Waals surface area (Å²) in [6.45, 7) is 1.04. The smallest absolute Gasteiger partial charge is 0.369 e. The SMILES string of the molecule is CCCCN(CC(N)=O)C(CN)C(F)(F)F. The summed E-state index contributed by atoms with van der Waals surface area (Å²) in [6, 6.07) is -1.80. The first kappa shape index (κ1) is 15.2. The predicted octanol–water partition coefficient (Wildman–Crippen LogP) is 0.463. The van der Waals surface area contributed by atoms with Crippen LogP contribution >= 0.6 is 0 Å². The van der Waals surface area contributed by atoms with Crippen molar-refractivity contribution in [2.24, 2.45) is 11.5 Å². The maximum absolute atomic E-state index is 12.6. The second-order valence-corrected chi connectivity index (χ2v) is 3.58. The Morgan fingerprint density at radius 2 is 2.00 bits per heavy atom. The summed E-state index contributed by atoms with van der Waals surface area (Å²) in [5, 5.41) is 0. The number of rotatable bonds is 7. The molecular formula is C9H18F3N3O. The van der Waals surface area contributed by atoms with E-state index in [0.29, 0.717) is 6.42 Å². The van der Waals surface area contributed by atoms with Crippen LogP contribution in [-0.2, 0) is 4.79 Å². The van der Waals surface area contributed by atoms with Crippen molar-refractivity contribution in [2.45, 2.75) is 32.0 Å². The van der Waals surface area contributed by atoms with E-state index < -0.39 is 31.2 Å². The summed E-state index contributed by atoms with van der Waals surface area (Å²) in [7, 11) is 0. The Bertz CT molecular complexity index is 221. The van der Waals surface area contributed by atoms with Crippen LogP contribution in [0.5, 0.6) is 0 Å². The summed E-state index contributed by atoms with van der Waals surface area (Å²) in [6.07, 6.45) is -3.12. The Morgan fingerprint density at radius 1 is 1.44 bits per heavy atom. The molecule has 0 saturated heterocycles. The highest BCUT2D eigenvalue weighted by Crippen LogP contribution is 2.24. The van der Waals surface area contributed by atoms with Crippen LogP contribution in [0.3, 0.4) is 0 Å². The zero-order valence-corrected chi connectivity index (χ0v) is 9.26. The minimum atomic E-state index is -4.43. The van der Waals surface area contributed by atoms with Crippen molar-refractivity contribution in [3.8, 4) is 0 Å². The van der Waals surface area contributed by atoms with Crippen LogP contribution in [0.25, 0.3) is 0 Å². The van der Waals surface area contributed by atoms with Gasteiger partial charge in [-0.3, -0.25) is 9.69 Å². The lowest BCUT2D eigenvalue weighted by molar-refractivity contribution is -0.181. The lowest BCUT2D eigenvalue weighted by atomic mass is 10.2. The molecule has 0 spiro atoms. The van der Waals surface area contributed by atoms with Gasteiger partial charge in [0.25, 0.3) is 0 Å². The fraction of sp³-hybridized carbons (Fsp3) is 0.889. The van der Waals surface area contributed by atoms with E-state index >= 15 is 0 Å². The number of nitrogens with two attached hydrogens (primary N) is 2. The Morgan fingerprint density at radius 3 is 2.31 bits per heavy atom. The Labute approximate surface area is 92.8 Å². The number of alkyl halides is 3. The van der Waals surface area contributed by atoms with E-state index in [-0.39, 0.29) is 6.54 Å². The summed E-state index contributed by atoms with van der Waals surface area (Å²) in [5.74, 6) is -0.779. The van der Waals surface area contributed by atoms with E-state index in [1.807, 2.05) is 6.92 Å². The number of halogens is 3. The molecule has 0 aromatic carbocycles. The van der Waals surface area contributed by atoms with Crippen molar-refractivity contribution in [2.75, 3.05) is 19.6 Å². The first-order chi connectivity index (χ1) is 7.32. The summed E-state index contributed by atoms with van der Waals surface area (Å²) in [5.41, 5.74) is 10.0. The number of primary amides is 1. The summed E-state index contributed by atoms with van der Waals surface area (Å²) >= 11 is 0. The summed E-state index contributed by atoms with van der Waals surface area (Å²) in [4.78, 5) is 11.7. The van der Waals surface area contributed by atoms with Gasteiger partial charge in [0.1, 0.15) is 6.04 Å². The Hall–Kier alpha value is -0.820. The van der Waals surface area contributed by atoms with Gasteiger partial charge in [0.2, 0.25) is 5.91 Å². The lowest BCUT2D eigenvalue weighted by Crippen LogP contribution is -2.53. The first-order valence-electron chi connectivity index (χ1n) is 5.12. The van der Waals surface area contributed by atoms with Crippen LogP contribution in [0, 0.1) is 0 Å². The van der Waals surface area contributed by atoms with Crippen molar-refractivity contribution in [3.63, 3.8) is 0 Å². The molecule has 4 nitrogen and oxygen atoms in total. The topological polar surface area (TPSA) is 72.3 Å². The molecule has 0 aliphatic carbocycles. The highest BCUT2D eigenvalue weighted by atomic mass is 19.4. The molecule has 1 unspecified atom stereocenters. The third-order valence-corrected chi connectivity index (χ3v) is 2.20. The zero-order valence-electron chi connectivity index (χ0n) is 9.26. The lowest BCUT2D eigenvalue weighted by Gasteiger charge is -2.31. The van der Waals surface area contributed by atoms with E-state index in [1.54, 1.807) is 0 Å². The standard InChI is InChI=1S/C9H18F3N3O/c1-2-3-4-15(6-8(14)16)7(5-13)9(10,11)12/h7H,2-6,13H2,1H3,(H2,14,16). The van der Waals surface area contributed by atoms with Crippen molar-refractivity contribution in [1.82, 2.24) is 4.90 Å². The predicted molar refractivity (Wildman–Crippen MR) is 54.6 cm³/mol. The highest BCUT2D eigenvalue weighted by molar-refractivity contribution is 5.75. The third-order valence-electron chi connectivity index (χ3n) is 2.20. The van der Waals surface area contributed by atoms with Crippen molar-refractivity contribution in [1.29, 1.82) is 0 Å². The molecular weight excluding hydrogens is 223 g/mol. The molecule has 0 aromatic rings. The fourth-order valence-electron chi connectivity index (χ4n) is 1.40. The monoisotopic (exact) mass is 241 g/mol. The Balaban J connectivity index is 4.61. The molecule has 0 rings (SSSR count). The van der Waals surface area contributed by atoms with Gasteiger partial charge in [0.05, 0.1) is 6.54 Å². The van der Waals surface area contributed by atoms with E-state index in [1.165, 1.54) is 0 Å². The van der Waals surface area contributed by atoms with Gasteiger partial charge >= 0.3 is 6.18 Å². The van der Waals surface area contributed by atoms with Gasteiger partial charge in [-0.15, -0.1) is 0 Å². The normalized spacial score (nSPS) is 14.1. The number of carbonyl (C=O) groups excluding carboxylic acids is 1. The maximum atomic E-state index is 12.6. The van der Waals surface area contributed by atoms with Gasteiger partial charge in [-0.2, -0.15) is 13.2 Å². The van der Waals surface area contributed by atoms with E-state index in [9.17, 15) is 18.0 Å². The number of hydrogen-bond acceptors (Lipinski definition) is 3. The van der Waals surface area contributed by atoms with E-state index in [4.69, 9.17) is 11.5 Å². The van der Waals surface area contributed by atoms with Crippen LogP contribution in [0.2, 0.25) is 0 Å². The largest absolute Gasteiger partial charge is 0.405 e. The first-order valence-corrected chi connectivity index (χ1v) is 5.12. The quantitative estimate of drug-likeness (QED) is 0.680. The molecule has 0 heterocycles. The van der Waals surface area contributed by atoms with Crippen LogP contribution in [0.4, 0.5) is 13.2 Å². The number of carbonyl (C=O) groups is 1. The molecule has 0 fully saturated rings. The molecule has 0 aromatic heterocycles. The number of amides is 1. The number of hydrogen-bond donors (Lipinski definition) is 2. The molecule has 7 heteroatoms. The van der Waals surface area contributed by atoms with Crippen molar-refractivity contribution in [3.05, 3.63) is 0 Å². The molecule has 16 heavy (non-hydrogen) atoms. The molecule has 96 valence electrons. The van der Waals surface area contributed by atoms with Gasteiger partial charge in [-0.05, 0) is 13.0 Å². The average Bonchev–Trinajstić information content (AvgIpc) is 2.11. The van der Waals surface area contributed by atoms with Crippen LogP contribution in [0.1, 0.15) is 19.8 Å². The molecule has 4 N–H and O–H groups in total. The van der Waals surface area contributed by atoms with Gasteiger partial charge in [0, 0.05) is 6.54 Å². The van der Waals surface area contributed by atoms with Gasteiger partial charge in [-0.1, -0.05) is 13.3 Å². The summed E-state index contributed by atoms with van der Waals surface area (Å²) < 4.78 is 37.7. The molecule has 0 saturated carbocycles. The fourth-order valence-corrected chi connectivity index (χ4v) is 1.40. The average molecular weight is 241 g/mol. The second kappa shape index (κ2) is 6.70. The Kier molecular flexibility index (Phi) is 6.35. The second-order valence-electron chi connectivity index (χ2n) is 3.58. The molecule has 0 radical (unpaired) electrons. The molecule has 1 atom stereocenters. The van der Waals surface area contributed by atoms with E-state index in [2.05, 4.69) is 0 Å². The molecule has 0 aliphatic rings. The highest BCUT2D eigenvalue weighted by Gasteiger charge is 2.42. The van der Waals surface area contributed by atoms with Gasteiger partial charge < -0.3 is 11.5 Å². The van der Waals surface area contributed by atoms with E-state index in [0.717, 1.165) is 11.3 Å². The van der Waals surface area contributed by atoms with Crippen molar-refractivity contribution < 1.29 is 18.0 Å².